The van der Waals surface area contributed by atoms with Crippen molar-refractivity contribution >= 4 is 11.6 Å². The Morgan fingerprint density at radius 3 is 3.06 bits per heavy atom. The fourth-order valence-corrected chi connectivity index (χ4v) is 2.20. The maximum atomic E-state index is 10.7. The van der Waals surface area contributed by atoms with Crippen LogP contribution >= 0.6 is 0 Å². The molecule has 0 aliphatic heterocycles. The number of hydrogen-bond donors (Lipinski definition) is 4. The molecular formula is C12H17N3O2. The first-order valence-corrected chi connectivity index (χ1v) is 5.67. The van der Waals surface area contributed by atoms with Gasteiger partial charge in [-0.2, -0.15) is 0 Å². The van der Waals surface area contributed by atoms with Gasteiger partial charge in [0.1, 0.15) is 6.10 Å². The molecule has 0 aromatic heterocycles. The van der Waals surface area contributed by atoms with Gasteiger partial charge in [0.2, 0.25) is 5.91 Å². The SMILES string of the molecule is NC(=O)C(O)CNC1CCc2cc(N)ccc21. The van der Waals surface area contributed by atoms with Crippen LogP contribution in [0.15, 0.2) is 18.2 Å². The quantitative estimate of drug-likeness (QED) is 0.538. The van der Waals surface area contributed by atoms with E-state index >= 15 is 0 Å². The Balaban J connectivity index is 2.00. The summed E-state index contributed by atoms with van der Waals surface area (Å²) in [6.07, 6.45) is 0.780. The summed E-state index contributed by atoms with van der Waals surface area (Å²) in [7, 11) is 0. The van der Waals surface area contributed by atoms with E-state index in [1.54, 1.807) is 0 Å². The lowest BCUT2D eigenvalue weighted by molar-refractivity contribution is -0.125. The van der Waals surface area contributed by atoms with Crippen molar-refractivity contribution in [3.05, 3.63) is 29.3 Å². The number of aliphatic hydroxyl groups is 1. The number of hydrogen-bond acceptors (Lipinski definition) is 4. The van der Waals surface area contributed by atoms with Crippen molar-refractivity contribution in [1.29, 1.82) is 0 Å². The summed E-state index contributed by atoms with van der Waals surface area (Å²) in [6.45, 7) is 0.184. The van der Waals surface area contributed by atoms with Crippen molar-refractivity contribution in [2.75, 3.05) is 12.3 Å². The average molecular weight is 235 g/mol. The smallest absolute Gasteiger partial charge is 0.247 e. The summed E-state index contributed by atoms with van der Waals surface area (Å²) in [5.41, 5.74) is 13.9. The molecule has 0 heterocycles. The lowest BCUT2D eigenvalue weighted by atomic mass is 10.1. The highest BCUT2D eigenvalue weighted by atomic mass is 16.3. The third-order valence-corrected chi connectivity index (χ3v) is 3.13. The van der Waals surface area contributed by atoms with Gasteiger partial charge >= 0.3 is 0 Å². The van der Waals surface area contributed by atoms with Crippen molar-refractivity contribution < 1.29 is 9.90 Å². The second-order valence-electron chi connectivity index (χ2n) is 4.38. The van der Waals surface area contributed by atoms with Crippen molar-refractivity contribution in [3.63, 3.8) is 0 Å². The lowest BCUT2D eigenvalue weighted by Gasteiger charge is -2.15. The van der Waals surface area contributed by atoms with Gasteiger partial charge in [-0.3, -0.25) is 4.79 Å². The molecule has 0 saturated carbocycles. The zero-order chi connectivity index (χ0) is 12.4. The normalized spacial score (nSPS) is 19.9. The number of aliphatic hydroxyl groups excluding tert-OH is 1. The van der Waals surface area contributed by atoms with Gasteiger partial charge in [0, 0.05) is 18.3 Å². The molecule has 17 heavy (non-hydrogen) atoms. The molecule has 1 aliphatic rings. The minimum absolute atomic E-state index is 0.166. The van der Waals surface area contributed by atoms with Gasteiger partial charge < -0.3 is 21.9 Å². The molecule has 1 aromatic rings. The second kappa shape index (κ2) is 4.73. The molecule has 0 radical (unpaired) electrons. The van der Waals surface area contributed by atoms with E-state index < -0.39 is 12.0 Å². The average Bonchev–Trinajstić information content (AvgIpc) is 2.67. The van der Waals surface area contributed by atoms with Crippen LogP contribution in [-0.2, 0) is 11.2 Å². The van der Waals surface area contributed by atoms with Crippen LogP contribution in [-0.4, -0.2) is 23.7 Å². The molecule has 0 spiro atoms. The van der Waals surface area contributed by atoms with E-state index in [-0.39, 0.29) is 12.6 Å². The van der Waals surface area contributed by atoms with E-state index in [1.165, 1.54) is 11.1 Å². The van der Waals surface area contributed by atoms with Crippen LogP contribution in [0.1, 0.15) is 23.6 Å². The highest BCUT2D eigenvalue weighted by molar-refractivity contribution is 5.78. The molecule has 0 fully saturated rings. The molecule has 1 amide bonds. The number of fused-ring (bicyclic) bond motifs is 1. The first kappa shape index (κ1) is 11.9. The summed E-state index contributed by atoms with van der Waals surface area (Å²) < 4.78 is 0. The minimum atomic E-state index is -1.13. The van der Waals surface area contributed by atoms with Crippen LogP contribution in [0.25, 0.3) is 0 Å². The van der Waals surface area contributed by atoms with Gasteiger partial charge in [0.05, 0.1) is 0 Å². The number of anilines is 1. The number of benzene rings is 1. The molecule has 92 valence electrons. The van der Waals surface area contributed by atoms with E-state index in [1.807, 2.05) is 18.2 Å². The number of primary amides is 1. The lowest BCUT2D eigenvalue weighted by Crippen LogP contribution is -2.38. The zero-order valence-corrected chi connectivity index (χ0v) is 9.52. The van der Waals surface area contributed by atoms with E-state index in [4.69, 9.17) is 11.5 Å². The first-order valence-electron chi connectivity index (χ1n) is 5.67. The molecule has 1 aromatic carbocycles. The van der Waals surface area contributed by atoms with Gasteiger partial charge in [-0.15, -0.1) is 0 Å². The van der Waals surface area contributed by atoms with E-state index in [9.17, 15) is 9.90 Å². The van der Waals surface area contributed by atoms with Crippen LogP contribution in [0.5, 0.6) is 0 Å². The summed E-state index contributed by atoms with van der Waals surface area (Å²) in [5.74, 6) is -0.701. The predicted molar refractivity (Wildman–Crippen MR) is 65.1 cm³/mol. The molecular weight excluding hydrogens is 218 g/mol. The molecule has 2 atom stereocenters. The van der Waals surface area contributed by atoms with Gasteiger partial charge in [0.15, 0.2) is 0 Å². The standard InChI is InChI=1S/C12H17N3O2/c13-8-2-3-9-7(5-8)1-4-10(9)15-6-11(16)12(14)17/h2-3,5,10-11,15-16H,1,4,6,13H2,(H2,14,17). The molecule has 0 bridgehead atoms. The van der Waals surface area contributed by atoms with E-state index in [2.05, 4.69) is 5.32 Å². The third kappa shape index (κ3) is 2.57. The number of nitrogen functional groups attached to an aromatic ring is 1. The van der Waals surface area contributed by atoms with Crippen molar-refractivity contribution in [2.45, 2.75) is 25.0 Å². The highest BCUT2D eigenvalue weighted by Crippen LogP contribution is 2.32. The zero-order valence-electron chi connectivity index (χ0n) is 9.52. The van der Waals surface area contributed by atoms with Crippen molar-refractivity contribution in [1.82, 2.24) is 5.32 Å². The minimum Gasteiger partial charge on any atom is -0.399 e. The fourth-order valence-electron chi connectivity index (χ4n) is 2.20. The van der Waals surface area contributed by atoms with Crippen LogP contribution in [0, 0.1) is 0 Å². The maximum Gasteiger partial charge on any atom is 0.247 e. The Kier molecular flexibility index (Phi) is 3.31. The van der Waals surface area contributed by atoms with Crippen LogP contribution in [0.3, 0.4) is 0 Å². The number of nitrogens with one attached hydrogen (secondary N) is 1. The summed E-state index contributed by atoms with van der Waals surface area (Å²) in [6, 6.07) is 6.00. The summed E-state index contributed by atoms with van der Waals surface area (Å²) >= 11 is 0. The number of aryl methyl sites for hydroxylation is 1. The second-order valence-corrected chi connectivity index (χ2v) is 4.38. The summed E-state index contributed by atoms with van der Waals surface area (Å²) in [4.78, 5) is 10.7. The maximum absolute atomic E-state index is 10.7. The number of carbonyl (C=O) groups is 1. The number of amides is 1. The van der Waals surface area contributed by atoms with Gasteiger partial charge in [-0.25, -0.2) is 0 Å². The van der Waals surface area contributed by atoms with Gasteiger partial charge in [-0.1, -0.05) is 6.07 Å². The van der Waals surface area contributed by atoms with Gasteiger partial charge in [-0.05, 0) is 36.1 Å². The molecule has 1 aliphatic carbocycles. The Bertz CT molecular complexity index is 434. The molecule has 0 saturated heterocycles. The number of rotatable bonds is 4. The van der Waals surface area contributed by atoms with Crippen molar-refractivity contribution in [2.24, 2.45) is 5.73 Å². The Labute approximate surface area is 99.8 Å². The molecule has 5 heteroatoms. The van der Waals surface area contributed by atoms with Crippen LogP contribution in [0.2, 0.25) is 0 Å². The van der Waals surface area contributed by atoms with Crippen LogP contribution in [0.4, 0.5) is 5.69 Å². The molecule has 2 rings (SSSR count). The Morgan fingerprint density at radius 1 is 1.59 bits per heavy atom. The third-order valence-electron chi connectivity index (χ3n) is 3.13. The molecule has 2 unspecified atom stereocenters. The van der Waals surface area contributed by atoms with E-state index in [0.717, 1.165) is 18.5 Å². The largest absolute Gasteiger partial charge is 0.399 e. The predicted octanol–water partition coefficient (Wildman–Crippen LogP) is -0.308. The number of carbonyl (C=O) groups excluding carboxylic acids is 1. The fraction of sp³-hybridized carbons (Fsp3) is 0.417. The Morgan fingerprint density at radius 2 is 2.35 bits per heavy atom. The molecule has 6 N–H and O–H groups in total. The first-order chi connectivity index (χ1) is 8.08. The highest BCUT2D eigenvalue weighted by Gasteiger charge is 2.23. The number of nitrogens with two attached hydrogens (primary N) is 2. The molecule has 5 nitrogen and oxygen atoms in total. The van der Waals surface area contributed by atoms with Gasteiger partial charge in [0.25, 0.3) is 0 Å². The summed E-state index contributed by atoms with van der Waals surface area (Å²) in [5, 5.41) is 12.5. The van der Waals surface area contributed by atoms with Crippen LogP contribution < -0.4 is 16.8 Å². The van der Waals surface area contributed by atoms with Crippen molar-refractivity contribution in [3.8, 4) is 0 Å². The topological polar surface area (TPSA) is 101 Å². The Hall–Kier alpha value is -1.59. The van der Waals surface area contributed by atoms with E-state index in [0.29, 0.717) is 0 Å². The monoisotopic (exact) mass is 235 g/mol.